The van der Waals surface area contributed by atoms with Crippen LogP contribution in [-0.2, 0) is 4.79 Å². The highest BCUT2D eigenvalue weighted by Crippen LogP contribution is 2.26. The van der Waals surface area contributed by atoms with Gasteiger partial charge in [-0.05, 0) is 25.2 Å². The minimum atomic E-state index is 0.161. The number of rotatable bonds is 2. The first-order valence-electron chi connectivity index (χ1n) is 5.34. The Labute approximate surface area is 85.7 Å². The highest BCUT2D eigenvalue weighted by molar-refractivity contribution is 5.73. The Morgan fingerprint density at radius 1 is 1.57 bits per heavy atom. The predicted molar refractivity (Wildman–Crippen MR) is 54.4 cm³/mol. The van der Waals surface area contributed by atoms with Crippen molar-refractivity contribution in [3.05, 3.63) is 0 Å². The smallest absolute Gasteiger partial charge is 0.219 e. The minimum Gasteiger partial charge on any atom is -0.343 e. The molecule has 0 aromatic heterocycles. The summed E-state index contributed by atoms with van der Waals surface area (Å²) in [5, 5.41) is 8.92. The lowest BCUT2D eigenvalue weighted by Crippen LogP contribution is -2.38. The Kier molecular flexibility index (Phi) is 3.94. The van der Waals surface area contributed by atoms with Gasteiger partial charge in [-0.1, -0.05) is 6.92 Å². The van der Waals surface area contributed by atoms with E-state index in [1.807, 2.05) is 4.90 Å². The molecular formula is C11H18N2O. The summed E-state index contributed by atoms with van der Waals surface area (Å²) >= 11 is 0. The van der Waals surface area contributed by atoms with Crippen LogP contribution in [0.4, 0.5) is 0 Å². The number of amides is 1. The average Bonchev–Trinajstić information content (AvgIpc) is 2.20. The quantitative estimate of drug-likeness (QED) is 0.672. The van der Waals surface area contributed by atoms with E-state index in [0.29, 0.717) is 5.92 Å². The van der Waals surface area contributed by atoms with Gasteiger partial charge < -0.3 is 4.90 Å². The van der Waals surface area contributed by atoms with Crippen LogP contribution in [0.15, 0.2) is 0 Å². The van der Waals surface area contributed by atoms with Crippen molar-refractivity contribution >= 4 is 5.91 Å². The zero-order valence-electron chi connectivity index (χ0n) is 8.99. The molecule has 0 bridgehead atoms. The molecule has 0 spiro atoms. The largest absolute Gasteiger partial charge is 0.343 e. The number of hydrogen-bond acceptors (Lipinski definition) is 2. The number of hydrogen-bond donors (Lipinski definition) is 0. The monoisotopic (exact) mass is 194 g/mol. The predicted octanol–water partition coefficient (Wildman–Crippen LogP) is 1.79. The molecule has 1 aliphatic heterocycles. The molecule has 0 unspecified atom stereocenters. The van der Waals surface area contributed by atoms with Crippen LogP contribution >= 0.6 is 0 Å². The van der Waals surface area contributed by atoms with Crippen LogP contribution in [0, 0.1) is 23.2 Å². The summed E-state index contributed by atoms with van der Waals surface area (Å²) in [6, 6.07) is 2.36. The second-order valence-electron chi connectivity index (χ2n) is 3.99. The van der Waals surface area contributed by atoms with Gasteiger partial charge in [-0.25, -0.2) is 0 Å². The van der Waals surface area contributed by atoms with Gasteiger partial charge in [-0.3, -0.25) is 4.79 Å². The number of nitriles is 1. The van der Waals surface area contributed by atoms with Crippen LogP contribution in [0.25, 0.3) is 0 Å². The number of carbonyl (C=O) groups excluding carboxylic acids is 1. The van der Waals surface area contributed by atoms with Crippen molar-refractivity contribution in [3.8, 4) is 6.07 Å². The number of likely N-dealkylation sites (tertiary alicyclic amines) is 1. The van der Waals surface area contributed by atoms with Gasteiger partial charge in [0.05, 0.1) is 6.07 Å². The highest BCUT2D eigenvalue weighted by Gasteiger charge is 2.26. The molecular weight excluding hydrogens is 176 g/mol. The van der Waals surface area contributed by atoms with Gasteiger partial charge in [-0.15, -0.1) is 0 Å². The van der Waals surface area contributed by atoms with E-state index in [0.717, 1.165) is 32.4 Å². The molecule has 14 heavy (non-hydrogen) atoms. The molecule has 78 valence electrons. The van der Waals surface area contributed by atoms with E-state index in [1.54, 1.807) is 6.92 Å². The fourth-order valence-electron chi connectivity index (χ4n) is 2.15. The lowest BCUT2D eigenvalue weighted by Gasteiger charge is -2.33. The molecule has 1 amide bonds. The fourth-order valence-corrected chi connectivity index (χ4v) is 2.15. The molecule has 1 rings (SSSR count). The van der Waals surface area contributed by atoms with Crippen molar-refractivity contribution in [3.63, 3.8) is 0 Å². The maximum absolute atomic E-state index is 11.1. The van der Waals surface area contributed by atoms with Crippen LogP contribution in [0.2, 0.25) is 0 Å². The summed E-state index contributed by atoms with van der Waals surface area (Å²) in [5.74, 6) is 0.846. The van der Waals surface area contributed by atoms with Crippen LogP contribution in [0.1, 0.15) is 33.1 Å². The van der Waals surface area contributed by atoms with E-state index in [9.17, 15) is 4.79 Å². The molecule has 3 heteroatoms. The second kappa shape index (κ2) is 4.99. The molecule has 0 aromatic carbocycles. The first-order chi connectivity index (χ1) is 6.69. The molecule has 1 atom stereocenters. The third kappa shape index (κ3) is 2.47. The molecule has 1 fully saturated rings. The third-order valence-electron chi connectivity index (χ3n) is 3.16. The Balaban J connectivity index is 2.43. The maximum Gasteiger partial charge on any atom is 0.219 e. The molecule has 0 radical (unpaired) electrons. The third-order valence-corrected chi connectivity index (χ3v) is 3.16. The van der Waals surface area contributed by atoms with Gasteiger partial charge in [0.15, 0.2) is 0 Å². The SMILES string of the molecule is CC[C@@H](C#N)C1CCN(C(C)=O)CC1. The van der Waals surface area contributed by atoms with Crippen molar-refractivity contribution in [2.45, 2.75) is 33.1 Å². The van der Waals surface area contributed by atoms with Crippen LogP contribution in [0.3, 0.4) is 0 Å². The molecule has 1 heterocycles. The maximum atomic E-state index is 11.1. The molecule has 1 aliphatic rings. The van der Waals surface area contributed by atoms with Gasteiger partial charge >= 0.3 is 0 Å². The van der Waals surface area contributed by atoms with E-state index in [1.165, 1.54) is 0 Å². The summed E-state index contributed by atoms with van der Waals surface area (Å²) in [4.78, 5) is 13.0. The Morgan fingerprint density at radius 3 is 2.50 bits per heavy atom. The van der Waals surface area contributed by atoms with Gasteiger partial charge in [0.1, 0.15) is 0 Å². The van der Waals surface area contributed by atoms with E-state index in [4.69, 9.17) is 5.26 Å². The summed E-state index contributed by atoms with van der Waals surface area (Å²) in [7, 11) is 0. The Morgan fingerprint density at radius 2 is 2.14 bits per heavy atom. The number of piperidine rings is 1. The van der Waals surface area contributed by atoms with E-state index >= 15 is 0 Å². The summed E-state index contributed by atoms with van der Waals surface area (Å²) in [6.07, 6.45) is 2.92. The second-order valence-corrected chi connectivity index (χ2v) is 3.99. The zero-order chi connectivity index (χ0) is 10.6. The molecule has 0 aromatic rings. The minimum absolute atomic E-state index is 0.161. The molecule has 3 nitrogen and oxygen atoms in total. The van der Waals surface area contributed by atoms with Crippen LogP contribution in [-0.4, -0.2) is 23.9 Å². The van der Waals surface area contributed by atoms with Crippen LogP contribution in [0.5, 0.6) is 0 Å². The molecule has 0 saturated carbocycles. The van der Waals surface area contributed by atoms with Gasteiger partial charge in [0.2, 0.25) is 5.91 Å². The first-order valence-corrected chi connectivity index (χ1v) is 5.34. The molecule has 0 N–H and O–H groups in total. The standard InChI is InChI=1S/C11H18N2O/c1-3-10(8-12)11-4-6-13(7-5-11)9(2)14/h10-11H,3-7H2,1-2H3/t10-/m0/s1. The summed E-state index contributed by atoms with van der Waals surface area (Å²) in [6.45, 7) is 5.34. The Bertz CT molecular complexity index is 236. The van der Waals surface area contributed by atoms with Gasteiger partial charge in [0, 0.05) is 25.9 Å². The zero-order valence-corrected chi connectivity index (χ0v) is 8.99. The fraction of sp³-hybridized carbons (Fsp3) is 0.818. The highest BCUT2D eigenvalue weighted by atomic mass is 16.2. The van der Waals surface area contributed by atoms with Crippen molar-refractivity contribution in [2.75, 3.05) is 13.1 Å². The van der Waals surface area contributed by atoms with Gasteiger partial charge in [-0.2, -0.15) is 5.26 Å². The lowest BCUT2D eigenvalue weighted by molar-refractivity contribution is -0.130. The molecule has 0 aliphatic carbocycles. The summed E-state index contributed by atoms with van der Waals surface area (Å²) in [5.41, 5.74) is 0. The van der Waals surface area contributed by atoms with Gasteiger partial charge in [0.25, 0.3) is 0 Å². The Hall–Kier alpha value is -1.04. The van der Waals surface area contributed by atoms with Crippen molar-refractivity contribution in [1.82, 2.24) is 4.90 Å². The topological polar surface area (TPSA) is 44.1 Å². The first kappa shape index (κ1) is 11.0. The van der Waals surface area contributed by atoms with E-state index < -0.39 is 0 Å². The van der Waals surface area contributed by atoms with Crippen molar-refractivity contribution < 1.29 is 4.79 Å². The normalized spacial score (nSPS) is 20.2. The van der Waals surface area contributed by atoms with E-state index in [2.05, 4.69) is 13.0 Å². The van der Waals surface area contributed by atoms with Crippen LogP contribution < -0.4 is 0 Å². The molecule has 1 saturated heterocycles. The lowest BCUT2D eigenvalue weighted by atomic mass is 9.83. The number of nitrogens with zero attached hydrogens (tertiary/aromatic N) is 2. The van der Waals surface area contributed by atoms with E-state index in [-0.39, 0.29) is 11.8 Å². The summed E-state index contributed by atoms with van der Waals surface area (Å²) < 4.78 is 0. The average molecular weight is 194 g/mol. The van der Waals surface area contributed by atoms with Crippen molar-refractivity contribution in [2.24, 2.45) is 11.8 Å². The number of carbonyl (C=O) groups is 1. The van der Waals surface area contributed by atoms with Crippen molar-refractivity contribution in [1.29, 1.82) is 5.26 Å².